The van der Waals surface area contributed by atoms with Crippen molar-refractivity contribution in [3.8, 4) is 11.1 Å². The third-order valence-corrected chi connectivity index (χ3v) is 2.46. The van der Waals surface area contributed by atoms with E-state index in [1.807, 2.05) is 12.1 Å². The van der Waals surface area contributed by atoms with E-state index < -0.39 is 57.4 Å². The van der Waals surface area contributed by atoms with Crippen LogP contribution < -0.4 is 164 Å². The molecular formula is C19H22Ca3K3O18S4+. The molecule has 2 aromatic carbocycles. The van der Waals surface area contributed by atoms with Gasteiger partial charge in [-0.25, -0.2) is 8.42 Å². The minimum Gasteiger partial charge on any atom is -0.784 e. The number of aliphatic carboxylic acids is 2. The maximum absolute atomic E-state index is 9.26. The Labute approximate surface area is 499 Å². The summed E-state index contributed by atoms with van der Waals surface area (Å²) < 4.78 is 98.8. The molecule has 0 aromatic heterocycles. The average Bonchev–Trinajstić information content (AvgIpc) is 2.85. The minimum absolute atomic E-state index is 0. The molecule has 0 heterocycles. The summed E-state index contributed by atoms with van der Waals surface area (Å²) in [5.74, 6) is -1.99. The molecule has 0 aliphatic rings. The van der Waals surface area contributed by atoms with Gasteiger partial charge >= 0.3 is 274 Å². The molecule has 0 amide bonds. The molecule has 0 saturated carbocycles. The van der Waals surface area contributed by atoms with Gasteiger partial charge < -0.3 is 56.2 Å². The molecule has 0 fully saturated rings. The zero-order chi connectivity index (χ0) is 33.8. The first-order valence-corrected chi connectivity index (χ1v) is 13.5. The molecule has 0 radical (unpaired) electrons. The Balaban J connectivity index is -0.0000000310. The summed E-state index contributed by atoms with van der Waals surface area (Å²) in [6.07, 6.45) is 0.472. The monoisotopic (exact) mass is 903 g/mol. The molecule has 28 heteroatoms. The molecule has 0 bridgehead atoms. The minimum atomic E-state index is -3.11. The molecule has 2 rings (SSSR count). The van der Waals surface area contributed by atoms with Crippen LogP contribution in [0.5, 0.6) is 0 Å². The van der Waals surface area contributed by atoms with Crippen molar-refractivity contribution in [2.45, 2.75) is 26.7 Å². The molecule has 18 nitrogen and oxygen atoms in total. The van der Waals surface area contributed by atoms with Crippen LogP contribution in [0.2, 0.25) is 0 Å². The van der Waals surface area contributed by atoms with Crippen molar-refractivity contribution < 1.29 is 237 Å². The standard InChI is InChI=1S/C12H10.2C3H6O2.CO2.3Ca.3K.4H2O3S/c1-3-7-11(8-4-1)12-9-5-2-6-10-12;2*1-2-3(4)5;2-1-3;;;;;;;4*1-4(2)3/h1-10H;2*2H2,1H3,(H,4,5);;;;;;;;4*(H2,1,2,3)/q;;;;3*+2;3*+1;;;;/p-8. The number of carbonyl (C=O) groups excluding carboxylic acids is 4. The molecule has 47 heavy (non-hydrogen) atoms. The van der Waals surface area contributed by atoms with Gasteiger partial charge in [-0.1, -0.05) is 74.5 Å². The maximum atomic E-state index is 9.26. The van der Waals surface area contributed by atoms with E-state index >= 15 is 0 Å². The number of carboxylic acid groups (broad SMARTS) is 2. The molecule has 238 valence electrons. The normalized spacial score (nSPS) is 8.34. The zero-order valence-corrected chi connectivity index (χ0v) is 45.1. The number of hydrogen-bond acceptors (Lipinski definition) is 16. The molecule has 2 atom stereocenters. The van der Waals surface area contributed by atoms with Crippen molar-refractivity contribution in [3.63, 3.8) is 0 Å². The van der Waals surface area contributed by atoms with Crippen molar-refractivity contribution in [2.75, 3.05) is 0 Å². The third-order valence-electron chi connectivity index (χ3n) is 2.46. The summed E-state index contributed by atoms with van der Waals surface area (Å²) in [7, 11) is 0. The summed E-state index contributed by atoms with van der Waals surface area (Å²) in [6, 6.07) is 20.8. The Hall–Kier alpha value is 5.73. The van der Waals surface area contributed by atoms with Crippen molar-refractivity contribution >= 4 is 177 Å². The first-order valence-electron chi connectivity index (χ1n) is 9.45. The van der Waals surface area contributed by atoms with Gasteiger partial charge in [-0.15, -0.1) is 22.7 Å². The average molecular weight is 904 g/mol. The second kappa shape index (κ2) is 72.9. The van der Waals surface area contributed by atoms with Gasteiger partial charge in [0.1, 0.15) is 0 Å². The van der Waals surface area contributed by atoms with Crippen LogP contribution in [0, 0.1) is 0 Å². The van der Waals surface area contributed by atoms with Crippen LogP contribution in [0.3, 0.4) is 0 Å². The fourth-order valence-electron chi connectivity index (χ4n) is 1.26. The van der Waals surface area contributed by atoms with E-state index in [4.69, 9.17) is 62.8 Å². The molecule has 0 saturated heterocycles. The van der Waals surface area contributed by atoms with E-state index in [1.54, 1.807) is 0 Å². The fourth-order valence-corrected chi connectivity index (χ4v) is 1.26. The van der Waals surface area contributed by atoms with Crippen molar-refractivity contribution in [1.29, 1.82) is 0 Å². The molecule has 2 aromatic rings. The predicted molar refractivity (Wildman–Crippen MR) is 147 cm³/mol. The first kappa shape index (κ1) is 85.1. The van der Waals surface area contributed by atoms with E-state index in [0.29, 0.717) is 0 Å². The maximum Gasteiger partial charge on any atom is 2.00 e. The van der Waals surface area contributed by atoms with Gasteiger partial charge in [-0.2, -0.15) is 9.59 Å². The van der Waals surface area contributed by atoms with Crippen LogP contribution in [0.15, 0.2) is 60.7 Å². The molecule has 0 spiro atoms. The van der Waals surface area contributed by atoms with Crippen molar-refractivity contribution in [3.05, 3.63) is 60.7 Å². The summed E-state index contributed by atoms with van der Waals surface area (Å²) >= 11 is -11.9. The Morgan fingerprint density at radius 2 is 0.681 bits per heavy atom. The number of rotatable bonds is 3. The Morgan fingerprint density at radius 1 is 0.574 bits per heavy atom. The number of benzene rings is 2. The largest absolute Gasteiger partial charge is 2.00 e. The fraction of sp³-hybridized carbons (Fsp3) is 0.211. The first-order chi connectivity index (χ1) is 18.8. The predicted octanol–water partition coefficient (Wildman–Crippen LogP) is -12.4. The van der Waals surface area contributed by atoms with Gasteiger partial charge in [-0.05, 0) is 24.0 Å². The van der Waals surface area contributed by atoms with E-state index in [2.05, 4.69) is 48.5 Å². The Bertz CT molecular complexity index is 916. The van der Waals surface area contributed by atoms with Crippen LogP contribution in [-0.2, 0) is 64.6 Å². The molecule has 0 aliphatic heterocycles. The second-order valence-corrected chi connectivity index (χ2v) is 6.79. The van der Waals surface area contributed by atoms with Gasteiger partial charge in [0, 0.05) is 11.9 Å². The van der Waals surface area contributed by atoms with Crippen LogP contribution in [0.4, 0.5) is 0 Å². The van der Waals surface area contributed by atoms with Gasteiger partial charge in [-0.3, -0.25) is 8.42 Å². The van der Waals surface area contributed by atoms with Crippen LogP contribution in [0.25, 0.3) is 11.1 Å². The summed E-state index contributed by atoms with van der Waals surface area (Å²) in [5, 5.41) is 18.5. The molecular weight excluding hydrogens is 882 g/mol. The summed E-state index contributed by atoms with van der Waals surface area (Å²) in [5.41, 5.74) is 2.55. The summed E-state index contributed by atoms with van der Waals surface area (Å²) in [4.78, 5) is 34.8. The van der Waals surface area contributed by atoms with Crippen LogP contribution in [-0.4, -0.2) is 185 Å². The summed E-state index contributed by atoms with van der Waals surface area (Å²) in [6.45, 7) is 3.07. The smallest absolute Gasteiger partial charge is 0.784 e. The topological polar surface area (TPSA) is 361 Å². The van der Waals surface area contributed by atoms with Crippen molar-refractivity contribution in [2.24, 2.45) is 0 Å². The van der Waals surface area contributed by atoms with Crippen LogP contribution >= 0.6 is 0 Å². The van der Waals surface area contributed by atoms with Crippen molar-refractivity contribution in [1.82, 2.24) is 0 Å². The van der Waals surface area contributed by atoms with E-state index in [1.165, 1.54) is 25.0 Å². The number of carbonyl (C=O) groups is 2. The SMILES string of the molecule is CCC(=O)[O-].CCC(=O)[O-].O=C=O.O=S([O-])O.O=S([O-])O.O=S([O-])[O-].O=S([O-])[O-].[Ca+2].[Ca+2].[Ca+2].[K+].[K+].[K+].c1ccc(-c2ccccc2)cc1. The van der Waals surface area contributed by atoms with Gasteiger partial charge in [0.2, 0.25) is 0 Å². The second-order valence-electron chi connectivity index (χ2n) is 5.11. The van der Waals surface area contributed by atoms with Gasteiger partial charge in [0.25, 0.3) is 0 Å². The Kier molecular flexibility index (Phi) is 132. The van der Waals surface area contributed by atoms with E-state index in [0.717, 1.165) is 0 Å². The van der Waals surface area contributed by atoms with Gasteiger partial charge in [0.15, 0.2) is 0 Å². The van der Waals surface area contributed by atoms with Gasteiger partial charge in [0.05, 0.1) is 22.7 Å². The Morgan fingerprint density at radius 3 is 0.766 bits per heavy atom. The third kappa shape index (κ3) is 145. The van der Waals surface area contributed by atoms with Crippen LogP contribution in [0.1, 0.15) is 26.7 Å². The molecule has 2 N–H and O–H groups in total. The van der Waals surface area contributed by atoms with E-state index in [9.17, 15) is 19.8 Å². The molecule has 0 aliphatic carbocycles. The zero-order valence-electron chi connectivity index (χ0n) is 25.9. The van der Waals surface area contributed by atoms with E-state index in [-0.39, 0.29) is 286 Å². The number of hydrogen-bond donors (Lipinski definition) is 2. The molecule has 2 unspecified atom stereocenters. The number of carboxylic acids is 2. The quantitative estimate of drug-likeness (QED) is 0.213.